The van der Waals surface area contributed by atoms with E-state index in [0.29, 0.717) is 13.2 Å². The van der Waals surface area contributed by atoms with Crippen LogP contribution in [0.3, 0.4) is 0 Å². The van der Waals surface area contributed by atoms with E-state index in [0.717, 1.165) is 31.9 Å². The summed E-state index contributed by atoms with van der Waals surface area (Å²) in [5.41, 5.74) is 0. The molecule has 4 heteroatoms. The highest BCUT2D eigenvalue weighted by Gasteiger charge is 1.94. The number of methoxy groups -OCH3 is 1. The van der Waals surface area contributed by atoms with Gasteiger partial charge in [-0.15, -0.1) is 0 Å². The third-order valence-electron chi connectivity index (χ3n) is 1.95. The predicted octanol–water partition coefficient (Wildman–Crippen LogP) is 1.42. The molecule has 1 rings (SSSR count). The molecule has 0 bridgehead atoms. The van der Waals surface area contributed by atoms with Crippen LogP contribution >= 0.6 is 0 Å². The van der Waals surface area contributed by atoms with Crippen molar-refractivity contribution in [2.75, 3.05) is 33.4 Å². The van der Waals surface area contributed by atoms with Crippen molar-refractivity contribution in [2.24, 2.45) is 0 Å². The van der Waals surface area contributed by atoms with Gasteiger partial charge in [-0.05, 0) is 25.1 Å². The lowest BCUT2D eigenvalue weighted by molar-refractivity contribution is 0.107. The summed E-state index contributed by atoms with van der Waals surface area (Å²) < 4.78 is 15.5. The van der Waals surface area contributed by atoms with Crippen molar-refractivity contribution in [3.8, 4) is 0 Å². The molecule has 0 fully saturated rings. The number of ether oxygens (including phenoxy) is 2. The second kappa shape index (κ2) is 8.47. The van der Waals surface area contributed by atoms with Gasteiger partial charge in [0.05, 0.1) is 12.9 Å². The minimum Gasteiger partial charge on any atom is -0.467 e. The van der Waals surface area contributed by atoms with E-state index in [1.807, 2.05) is 12.1 Å². The van der Waals surface area contributed by atoms with Crippen LogP contribution < -0.4 is 5.32 Å². The number of nitrogens with one attached hydrogen (secondary N) is 1. The van der Waals surface area contributed by atoms with Crippen LogP contribution in [0, 0.1) is 0 Å². The fourth-order valence-corrected chi connectivity index (χ4v) is 1.18. The van der Waals surface area contributed by atoms with E-state index in [9.17, 15) is 0 Å². The van der Waals surface area contributed by atoms with E-state index in [1.165, 1.54) is 0 Å². The maximum Gasteiger partial charge on any atom is 0.129 e. The first-order valence-corrected chi connectivity index (χ1v) is 5.23. The van der Waals surface area contributed by atoms with Gasteiger partial charge in [-0.25, -0.2) is 0 Å². The first-order valence-electron chi connectivity index (χ1n) is 5.23. The molecule has 0 saturated heterocycles. The molecule has 0 spiro atoms. The van der Waals surface area contributed by atoms with Crippen molar-refractivity contribution >= 4 is 0 Å². The van der Waals surface area contributed by atoms with E-state index >= 15 is 0 Å². The quantitative estimate of drug-likeness (QED) is 0.630. The second-order valence-electron chi connectivity index (χ2n) is 3.23. The lowest BCUT2D eigenvalue weighted by Gasteiger charge is -2.04. The van der Waals surface area contributed by atoms with Gasteiger partial charge in [0.25, 0.3) is 0 Å². The van der Waals surface area contributed by atoms with Crippen LogP contribution in [-0.2, 0) is 16.1 Å². The Labute approximate surface area is 90.6 Å². The Morgan fingerprint density at radius 2 is 2.27 bits per heavy atom. The summed E-state index contributed by atoms with van der Waals surface area (Å²) in [6, 6.07) is 3.77. The molecule has 0 saturated carbocycles. The molecule has 0 aliphatic carbocycles. The maximum atomic E-state index is 5.40. The molecule has 1 aromatic rings. The Balaban J connectivity index is 1.81. The van der Waals surface area contributed by atoms with Crippen LogP contribution in [0.1, 0.15) is 12.2 Å². The zero-order valence-electron chi connectivity index (χ0n) is 9.20. The van der Waals surface area contributed by atoms with Gasteiger partial charge in [0.1, 0.15) is 12.4 Å². The van der Waals surface area contributed by atoms with Crippen LogP contribution in [-0.4, -0.2) is 33.4 Å². The molecule has 0 aliphatic heterocycles. The third-order valence-corrected chi connectivity index (χ3v) is 1.95. The average molecular weight is 213 g/mol. The smallest absolute Gasteiger partial charge is 0.129 e. The monoisotopic (exact) mass is 213 g/mol. The van der Waals surface area contributed by atoms with Crippen LogP contribution in [0.15, 0.2) is 22.8 Å². The van der Waals surface area contributed by atoms with Crippen molar-refractivity contribution in [2.45, 2.75) is 13.0 Å². The van der Waals surface area contributed by atoms with Crippen molar-refractivity contribution in [1.29, 1.82) is 0 Å². The SMILES string of the molecule is COCCCNCCOCc1ccco1. The highest BCUT2D eigenvalue weighted by molar-refractivity contribution is 4.95. The average Bonchev–Trinajstić information content (AvgIpc) is 2.75. The van der Waals surface area contributed by atoms with Crippen LogP contribution in [0.25, 0.3) is 0 Å². The van der Waals surface area contributed by atoms with Gasteiger partial charge in [-0.1, -0.05) is 0 Å². The summed E-state index contributed by atoms with van der Waals surface area (Å²) in [6.07, 6.45) is 2.69. The molecule has 15 heavy (non-hydrogen) atoms. The standard InChI is InChI=1S/C11H19NO3/c1-13-7-3-5-12-6-9-14-10-11-4-2-8-15-11/h2,4,8,12H,3,5-7,9-10H2,1H3. The molecular formula is C11H19NO3. The van der Waals surface area contributed by atoms with Gasteiger partial charge in [-0.3, -0.25) is 0 Å². The van der Waals surface area contributed by atoms with Gasteiger partial charge >= 0.3 is 0 Å². The zero-order chi connectivity index (χ0) is 10.8. The largest absolute Gasteiger partial charge is 0.467 e. The van der Waals surface area contributed by atoms with E-state index in [-0.39, 0.29) is 0 Å². The van der Waals surface area contributed by atoms with E-state index in [1.54, 1.807) is 13.4 Å². The highest BCUT2D eigenvalue weighted by Crippen LogP contribution is 2.00. The lowest BCUT2D eigenvalue weighted by atomic mass is 10.4. The molecular weight excluding hydrogens is 194 g/mol. The summed E-state index contributed by atoms with van der Waals surface area (Å²) in [5, 5.41) is 3.26. The predicted molar refractivity (Wildman–Crippen MR) is 57.7 cm³/mol. The minimum absolute atomic E-state index is 0.548. The Morgan fingerprint density at radius 1 is 1.33 bits per heavy atom. The summed E-state index contributed by atoms with van der Waals surface area (Å²) in [7, 11) is 1.71. The van der Waals surface area contributed by atoms with E-state index in [4.69, 9.17) is 13.9 Å². The zero-order valence-corrected chi connectivity index (χ0v) is 9.20. The maximum absolute atomic E-state index is 5.40. The fraction of sp³-hybridized carbons (Fsp3) is 0.636. The van der Waals surface area contributed by atoms with Gasteiger partial charge in [0.2, 0.25) is 0 Å². The Hall–Kier alpha value is -0.840. The summed E-state index contributed by atoms with van der Waals surface area (Å²) >= 11 is 0. The van der Waals surface area contributed by atoms with Gasteiger partial charge in [0.15, 0.2) is 0 Å². The van der Waals surface area contributed by atoms with Crippen LogP contribution in [0.2, 0.25) is 0 Å². The lowest BCUT2D eigenvalue weighted by Crippen LogP contribution is -2.21. The minimum atomic E-state index is 0.548. The number of rotatable bonds is 9. The van der Waals surface area contributed by atoms with Gasteiger partial charge in [-0.2, -0.15) is 0 Å². The molecule has 0 amide bonds. The van der Waals surface area contributed by atoms with Gasteiger partial charge < -0.3 is 19.2 Å². The first kappa shape index (κ1) is 12.2. The molecule has 0 unspecified atom stereocenters. The summed E-state index contributed by atoms with van der Waals surface area (Å²) in [6.45, 7) is 3.89. The second-order valence-corrected chi connectivity index (χ2v) is 3.23. The number of hydrogen-bond donors (Lipinski definition) is 1. The van der Waals surface area contributed by atoms with E-state index in [2.05, 4.69) is 5.32 Å². The topological polar surface area (TPSA) is 43.6 Å². The summed E-state index contributed by atoms with van der Waals surface area (Å²) in [4.78, 5) is 0. The fourth-order valence-electron chi connectivity index (χ4n) is 1.18. The van der Waals surface area contributed by atoms with Crippen LogP contribution in [0.4, 0.5) is 0 Å². The molecule has 0 radical (unpaired) electrons. The highest BCUT2D eigenvalue weighted by atomic mass is 16.5. The molecule has 0 aromatic carbocycles. The van der Waals surface area contributed by atoms with Crippen molar-refractivity contribution in [1.82, 2.24) is 5.32 Å². The third kappa shape index (κ3) is 6.28. The molecule has 86 valence electrons. The van der Waals surface area contributed by atoms with Crippen LogP contribution in [0.5, 0.6) is 0 Å². The molecule has 4 nitrogen and oxygen atoms in total. The first-order chi connectivity index (χ1) is 7.43. The Kier molecular flexibility index (Phi) is 6.90. The van der Waals surface area contributed by atoms with Gasteiger partial charge in [0, 0.05) is 20.3 Å². The van der Waals surface area contributed by atoms with E-state index < -0.39 is 0 Å². The molecule has 1 heterocycles. The molecule has 0 atom stereocenters. The normalized spacial score (nSPS) is 10.7. The summed E-state index contributed by atoms with van der Waals surface area (Å²) in [5.74, 6) is 0.870. The Morgan fingerprint density at radius 3 is 3.00 bits per heavy atom. The van der Waals surface area contributed by atoms with Crippen molar-refractivity contribution in [3.05, 3.63) is 24.2 Å². The Bertz CT molecular complexity index is 224. The number of furan rings is 1. The van der Waals surface area contributed by atoms with Crippen molar-refractivity contribution < 1.29 is 13.9 Å². The molecule has 1 N–H and O–H groups in total. The molecule has 1 aromatic heterocycles. The number of hydrogen-bond acceptors (Lipinski definition) is 4. The van der Waals surface area contributed by atoms with Crippen molar-refractivity contribution in [3.63, 3.8) is 0 Å². The molecule has 0 aliphatic rings.